The van der Waals surface area contributed by atoms with Crippen LogP contribution in [0.4, 0.5) is 0 Å². The van der Waals surface area contributed by atoms with E-state index in [4.69, 9.17) is 0 Å². The monoisotopic (exact) mass is 322 g/mol. The third-order valence-electron chi connectivity index (χ3n) is 6.18. The van der Waals surface area contributed by atoms with Crippen LogP contribution in [0.1, 0.15) is 45.4 Å². The molecule has 5 fully saturated rings. The van der Waals surface area contributed by atoms with Gasteiger partial charge in [-0.15, -0.1) is 11.8 Å². The van der Waals surface area contributed by atoms with Gasteiger partial charge >= 0.3 is 0 Å². The van der Waals surface area contributed by atoms with Crippen molar-refractivity contribution in [3.63, 3.8) is 0 Å². The van der Waals surface area contributed by atoms with E-state index >= 15 is 0 Å². The highest BCUT2D eigenvalue weighted by Crippen LogP contribution is 2.47. The van der Waals surface area contributed by atoms with Crippen LogP contribution in [-0.2, 0) is 9.59 Å². The summed E-state index contributed by atoms with van der Waals surface area (Å²) >= 11 is 1.72. The zero-order valence-corrected chi connectivity index (χ0v) is 14.2. The first-order valence-corrected chi connectivity index (χ1v) is 9.98. The maximum Gasteiger partial charge on any atom is 0.246 e. The number of fused-ring (bicyclic) bond motifs is 1. The molecule has 3 heterocycles. The van der Waals surface area contributed by atoms with Gasteiger partial charge in [0, 0.05) is 24.8 Å². The lowest BCUT2D eigenvalue weighted by atomic mass is 9.68. The van der Waals surface area contributed by atoms with Crippen molar-refractivity contribution in [1.29, 1.82) is 0 Å². The predicted octanol–water partition coefficient (Wildman–Crippen LogP) is 2.33. The van der Waals surface area contributed by atoms with Crippen molar-refractivity contribution in [2.75, 3.05) is 18.2 Å². The van der Waals surface area contributed by atoms with E-state index < -0.39 is 0 Å². The number of carbonyl (C=O) groups excluding carboxylic acids is 2. The largest absolute Gasteiger partial charge is 0.338 e. The Bertz CT molecular complexity index is 469. The van der Waals surface area contributed by atoms with E-state index in [-0.39, 0.29) is 17.9 Å². The molecule has 5 aliphatic rings. The number of rotatable bonds is 2. The Balaban J connectivity index is 1.53. The molecule has 0 N–H and O–H groups in total. The number of hydrogen-bond donors (Lipinski definition) is 0. The molecule has 2 unspecified atom stereocenters. The fourth-order valence-electron chi connectivity index (χ4n) is 5.34. The second-order valence-corrected chi connectivity index (χ2v) is 8.65. The molecule has 5 rings (SSSR count). The van der Waals surface area contributed by atoms with Crippen molar-refractivity contribution < 1.29 is 9.59 Å². The highest BCUT2D eigenvalue weighted by molar-refractivity contribution is 7.99. The number of amides is 2. The molecule has 2 saturated carbocycles. The van der Waals surface area contributed by atoms with Crippen LogP contribution >= 0.6 is 11.8 Å². The van der Waals surface area contributed by atoms with Crippen LogP contribution in [0.2, 0.25) is 0 Å². The second-order valence-electron chi connectivity index (χ2n) is 7.65. The van der Waals surface area contributed by atoms with Crippen molar-refractivity contribution in [2.24, 2.45) is 17.8 Å². The summed E-state index contributed by atoms with van der Waals surface area (Å²) < 4.78 is 0. The Morgan fingerprint density at radius 2 is 1.68 bits per heavy atom. The summed E-state index contributed by atoms with van der Waals surface area (Å²) in [5, 5.41) is 0. The van der Waals surface area contributed by atoms with Gasteiger partial charge < -0.3 is 9.80 Å². The maximum absolute atomic E-state index is 13.2. The molecule has 0 aromatic rings. The lowest BCUT2D eigenvalue weighted by molar-refractivity contribution is -0.145. The van der Waals surface area contributed by atoms with Crippen LogP contribution in [0.15, 0.2) is 0 Å². The van der Waals surface area contributed by atoms with Crippen LogP contribution in [0.3, 0.4) is 0 Å². The minimum absolute atomic E-state index is 0.129. The third kappa shape index (κ3) is 2.45. The molecule has 0 aromatic heterocycles. The molecule has 0 aromatic carbocycles. The van der Waals surface area contributed by atoms with E-state index in [2.05, 4.69) is 4.90 Å². The average molecular weight is 322 g/mol. The summed E-state index contributed by atoms with van der Waals surface area (Å²) in [4.78, 5) is 29.3. The molecule has 22 heavy (non-hydrogen) atoms. The number of carbonyl (C=O) groups is 2. The van der Waals surface area contributed by atoms with Gasteiger partial charge in [-0.2, -0.15) is 0 Å². The molecular formula is C17H26N2O2S. The zero-order valence-electron chi connectivity index (χ0n) is 13.4. The molecule has 4 bridgehead atoms. The Kier molecular flexibility index (Phi) is 3.87. The van der Waals surface area contributed by atoms with Gasteiger partial charge in [-0.25, -0.2) is 0 Å². The van der Waals surface area contributed by atoms with Crippen LogP contribution in [-0.4, -0.2) is 51.9 Å². The summed E-state index contributed by atoms with van der Waals surface area (Å²) in [6.45, 7) is 2.84. The first-order chi connectivity index (χ1) is 10.7. The molecule has 5 atom stereocenters. The molecule has 3 aliphatic heterocycles. The van der Waals surface area contributed by atoms with Gasteiger partial charge in [-0.1, -0.05) is 6.92 Å². The molecule has 2 aliphatic carbocycles. The summed E-state index contributed by atoms with van der Waals surface area (Å²) in [6, 6.07) is 0.251. The standard InChI is InChI=1S/C17H26N2O2S/c1-2-16(20)19-10-22-9-15(19)17(21)18-8-13-4-11-3-12(5-13)7-14(18)6-11/h11-15H,2-10H2,1H3/t11-,12+,13?,14?,15-/m1/s1. The van der Waals surface area contributed by atoms with Gasteiger partial charge in [0.15, 0.2) is 0 Å². The first kappa shape index (κ1) is 14.9. The lowest BCUT2D eigenvalue weighted by Gasteiger charge is -2.39. The molecule has 0 radical (unpaired) electrons. The van der Waals surface area contributed by atoms with E-state index in [1.165, 1.54) is 32.1 Å². The van der Waals surface area contributed by atoms with Gasteiger partial charge in [0.05, 0.1) is 5.88 Å². The summed E-state index contributed by atoms with van der Waals surface area (Å²) in [5.74, 6) is 4.26. The highest BCUT2D eigenvalue weighted by Gasteiger charge is 2.46. The predicted molar refractivity (Wildman–Crippen MR) is 87.3 cm³/mol. The van der Waals surface area contributed by atoms with Crippen molar-refractivity contribution in [3.8, 4) is 0 Å². The first-order valence-electron chi connectivity index (χ1n) is 8.83. The van der Waals surface area contributed by atoms with Crippen molar-refractivity contribution in [2.45, 2.75) is 57.5 Å². The minimum atomic E-state index is -0.201. The summed E-state index contributed by atoms with van der Waals surface area (Å²) in [7, 11) is 0. The van der Waals surface area contributed by atoms with Gasteiger partial charge in [-0.05, 0) is 49.9 Å². The van der Waals surface area contributed by atoms with Gasteiger partial charge in [0.1, 0.15) is 6.04 Å². The Morgan fingerprint density at radius 1 is 1.00 bits per heavy atom. The molecule has 122 valence electrons. The summed E-state index contributed by atoms with van der Waals surface area (Å²) in [5.41, 5.74) is 0. The zero-order chi connectivity index (χ0) is 15.3. The van der Waals surface area contributed by atoms with Crippen LogP contribution in [0.25, 0.3) is 0 Å². The van der Waals surface area contributed by atoms with Crippen molar-refractivity contribution in [3.05, 3.63) is 0 Å². The molecule has 5 heteroatoms. The van der Waals surface area contributed by atoms with Gasteiger partial charge in [-0.3, -0.25) is 9.59 Å². The number of hydrogen-bond acceptors (Lipinski definition) is 3. The van der Waals surface area contributed by atoms with Gasteiger partial charge in [0.2, 0.25) is 11.8 Å². The molecule has 3 saturated heterocycles. The van der Waals surface area contributed by atoms with E-state index in [0.717, 1.165) is 24.1 Å². The highest BCUT2D eigenvalue weighted by atomic mass is 32.2. The van der Waals surface area contributed by atoms with E-state index in [1.54, 1.807) is 11.8 Å². The topological polar surface area (TPSA) is 40.6 Å². The van der Waals surface area contributed by atoms with E-state index in [0.29, 0.717) is 24.3 Å². The Labute approximate surface area is 137 Å². The number of thioether (sulfide) groups is 1. The third-order valence-corrected chi connectivity index (χ3v) is 7.19. The molecule has 4 nitrogen and oxygen atoms in total. The molecular weight excluding hydrogens is 296 g/mol. The summed E-state index contributed by atoms with van der Waals surface area (Å²) in [6.07, 6.45) is 6.97. The smallest absolute Gasteiger partial charge is 0.246 e. The lowest BCUT2D eigenvalue weighted by Crippen LogP contribution is -2.52. The van der Waals surface area contributed by atoms with Crippen molar-refractivity contribution in [1.82, 2.24) is 9.80 Å². The van der Waals surface area contributed by atoms with E-state index in [1.807, 2.05) is 11.8 Å². The Hall–Kier alpha value is -0.710. The van der Waals surface area contributed by atoms with E-state index in [9.17, 15) is 9.59 Å². The fourth-order valence-corrected chi connectivity index (χ4v) is 6.51. The van der Waals surface area contributed by atoms with Gasteiger partial charge in [0.25, 0.3) is 0 Å². The van der Waals surface area contributed by atoms with Crippen LogP contribution in [0, 0.1) is 17.8 Å². The van der Waals surface area contributed by atoms with Crippen molar-refractivity contribution >= 4 is 23.6 Å². The Morgan fingerprint density at radius 3 is 2.36 bits per heavy atom. The second kappa shape index (κ2) is 5.73. The van der Waals surface area contributed by atoms with Crippen LogP contribution in [0.5, 0.6) is 0 Å². The molecule has 0 spiro atoms. The fraction of sp³-hybridized carbons (Fsp3) is 0.882. The SMILES string of the molecule is CCC(=O)N1CSC[C@@H]1C(=O)N1CC2C[C@@H]3CC1C[C@H](C2)C3. The molecule has 2 amide bonds. The van der Waals surface area contributed by atoms with Crippen LogP contribution < -0.4 is 0 Å². The average Bonchev–Trinajstić information content (AvgIpc) is 2.91. The quantitative estimate of drug-likeness (QED) is 0.783. The normalized spacial score (nSPS) is 40.1. The minimum Gasteiger partial charge on any atom is -0.338 e. The maximum atomic E-state index is 13.2. The number of nitrogens with zero attached hydrogens (tertiary/aromatic N) is 2.